The summed E-state index contributed by atoms with van der Waals surface area (Å²) in [5, 5.41) is 18.4. The summed E-state index contributed by atoms with van der Waals surface area (Å²) in [6.07, 6.45) is 45.7. The van der Waals surface area contributed by atoms with Crippen LogP contribution in [0.15, 0.2) is 24.3 Å². The van der Waals surface area contributed by atoms with Crippen LogP contribution >= 0.6 is 7.82 Å². The fourth-order valence-corrected chi connectivity index (χ4v) is 7.64. The van der Waals surface area contributed by atoms with Crippen LogP contribution in [0.2, 0.25) is 0 Å². The van der Waals surface area contributed by atoms with Crippen molar-refractivity contribution in [3.63, 3.8) is 0 Å². The topological polar surface area (TPSA) is 149 Å². The molecule has 0 amide bonds. The minimum atomic E-state index is -4.62. The normalized spacial score (nSPS) is 13.9. The number of phosphoric acid groups is 1. The number of phosphoric ester groups is 1. The molecule has 0 radical (unpaired) electrons. The van der Waals surface area contributed by atoms with E-state index in [9.17, 15) is 24.2 Å². The minimum Gasteiger partial charge on any atom is -0.462 e. The quantitative estimate of drug-likeness (QED) is 0.0234. The first-order valence-corrected chi connectivity index (χ1v) is 25.8. The molecule has 0 aromatic rings. The van der Waals surface area contributed by atoms with Crippen LogP contribution in [0.25, 0.3) is 0 Å². The molecule has 11 heteroatoms. The van der Waals surface area contributed by atoms with Gasteiger partial charge in [0.05, 0.1) is 19.8 Å². The molecule has 0 spiro atoms. The molecular formula is C48H91O10P. The molecule has 59 heavy (non-hydrogen) atoms. The second-order valence-corrected chi connectivity index (χ2v) is 17.9. The van der Waals surface area contributed by atoms with E-state index in [-0.39, 0.29) is 19.4 Å². The van der Waals surface area contributed by atoms with Gasteiger partial charge in [-0.3, -0.25) is 18.6 Å². The van der Waals surface area contributed by atoms with Gasteiger partial charge in [-0.15, -0.1) is 0 Å². The first-order valence-electron chi connectivity index (χ1n) is 24.3. The minimum absolute atomic E-state index is 0.171. The number of hydrogen-bond donors (Lipinski definition) is 3. The predicted molar refractivity (Wildman–Crippen MR) is 242 cm³/mol. The summed E-state index contributed by atoms with van der Waals surface area (Å²) in [7, 11) is -4.62. The molecule has 0 saturated heterocycles. The highest BCUT2D eigenvalue weighted by molar-refractivity contribution is 7.47. The summed E-state index contributed by atoms with van der Waals surface area (Å²) in [4.78, 5) is 35.1. The smallest absolute Gasteiger partial charge is 0.462 e. The maximum atomic E-state index is 12.6. The number of aliphatic hydroxyl groups is 2. The third-order valence-electron chi connectivity index (χ3n) is 10.6. The summed E-state index contributed by atoms with van der Waals surface area (Å²) in [6, 6.07) is 0. The average molecular weight is 859 g/mol. The standard InChI is InChI=1S/C48H91O10P/c1-3-5-7-9-11-13-15-17-19-21-22-23-24-26-27-29-31-33-35-37-39-47(51)55-43-46(44-57-59(53,54)56-42-45(50)41-49)58-48(52)40-38-36-34-32-30-28-25-20-18-16-14-12-10-8-6-4-2/h14,16,20,25,45-46,49-50H,3-13,15,17-19,21-24,26-44H2,1-2H3,(H,53,54)/b16-14-,25-20-. The number of carbonyl (C=O) groups is 2. The van der Waals surface area contributed by atoms with Crippen LogP contribution in [-0.4, -0.2) is 65.7 Å². The molecule has 0 aliphatic heterocycles. The van der Waals surface area contributed by atoms with Gasteiger partial charge in [0.15, 0.2) is 6.10 Å². The van der Waals surface area contributed by atoms with Crippen LogP contribution < -0.4 is 0 Å². The second kappa shape index (κ2) is 44.5. The van der Waals surface area contributed by atoms with E-state index in [0.717, 1.165) is 57.8 Å². The molecule has 0 fully saturated rings. The fourth-order valence-electron chi connectivity index (χ4n) is 6.85. The van der Waals surface area contributed by atoms with Crippen LogP contribution in [0.1, 0.15) is 232 Å². The van der Waals surface area contributed by atoms with E-state index in [0.29, 0.717) is 12.8 Å². The fraction of sp³-hybridized carbons (Fsp3) is 0.875. The largest absolute Gasteiger partial charge is 0.472 e. The van der Waals surface area contributed by atoms with Crippen molar-refractivity contribution in [2.45, 2.75) is 244 Å². The van der Waals surface area contributed by atoms with Crippen molar-refractivity contribution in [1.29, 1.82) is 0 Å². The van der Waals surface area contributed by atoms with Gasteiger partial charge in [0.25, 0.3) is 0 Å². The average Bonchev–Trinajstić information content (AvgIpc) is 3.22. The van der Waals surface area contributed by atoms with Gasteiger partial charge in [0, 0.05) is 12.8 Å². The first-order chi connectivity index (χ1) is 28.7. The molecule has 0 aromatic heterocycles. The summed E-state index contributed by atoms with van der Waals surface area (Å²) in [5.41, 5.74) is 0. The third-order valence-corrected chi connectivity index (χ3v) is 11.6. The number of hydrogen-bond acceptors (Lipinski definition) is 9. The van der Waals surface area contributed by atoms with Crippen molar-refractivity contribution in [3.8, 4) is 0 Å². The maximum absolute atomic E-state index is 12.6. The lowest BCUT2D eigenvalue weighted by molar-refractivity contribution is -0.161. The van der Waals surface area contributed by atoms with E-state index in [4.69, 9.17) is 23.6 Å². The van der Waals surface area contributed by atoms with Gasteiger partial charge in [0.1, 0.15) is 12.7 Å². The van der Waals surface area contributed by atoms with Crippen molar-refractivity contribution in [2.24, 2.45) is 0 Å². The zero-order chi connectivity index (χ0) is 43.3. The van der Waals surface area contributed by atoms with Crippen LogP contribution in [0, 0.1) is 0 Å². The van der Waals surface area contributed by atoms with Crippen LogP contribution in [-0.2, 0) is 32.7 Å². The SMILES string of the molecule is CCCCCC/C=C\C/C=C\CCCCCCCC(=O)OC(COC(=O)CCCCCCCCCCCCCCCCCCCCCC)COP(=O)(O)OCC(O)CO. The monoisotopic (exact) mass is 859 g/mol. The van der Waals surface area contributed by atoms with Gasteiger partial charge in [-0.2, -0.15) is 0 Å². The highest BCUT2D eigenvalue weighted by Gasteiger charge is 2.27. The number of rotatable bonds is 46. The van der Waals surface area contributed by atoms with Gasteiger partial charge in [0.2, 0.25) is 0 Å². The molecule has 3 N–H and O–H groups in total. The van der Waals surface area contributed by atoms with Gasteiger partial charge in [-0.1, -0.05) is 199 Å². The second-order valence-electron chi connectivity index (χ2n) is 16.5. The zero-order valence-electron chi connectivity index (χ0n) is 38.0. The number of esters is 2. The van der Waals surface area contributed by atoms with Gasteiger partial charge in [-0.25, -0.2) is 4.57 Å². The maximum Gasteiger partial charge on any atom is 0.472 e. The Morgan fingerprint density at radius 3 is 1.32 bits per heavy atom. The van der Waals surface area contributed by atoms with Crippen molar-refractivity contribution in [1.82, 2.24) is 0 Å². The Morgan fingerprint density at radius 1 is 0.508 bits per heavy atom. The lowest BCUT2D eigenvalue weighted by Gasteiger charge is -2.20. The van der Waals surface area contributed by atoms with E-state index in [1.807, 2.05) is 0 Å². The number of unbranched alkanes of at least 4 members (excludes halogenated alkanes) is 28. The Hall–Kier alpha value is -1.55. The Labute approximate surface area is 361 Å². The molecule has 0 aliphatic carbocycles. The molecule has 0 saturated carbocycles. The Bertz CT molecular complexity index is 1040. The Morgan fingerprint density at radius 2 is 0.881 bits per heavy atom. The van der Waals surface area contributed by atoms with E-state index >= 15 is 0 Å². The molecule has 10 nitrogen and oxygen atoms in total. The number of allylic oxidation sites excluding steroid dienone is 4. The van der Waals surface area contributed by atoms with E-state index in [1.165, 1.54) is 135 Å². The van der Waals surface area contributed by atoms with E-state index < -0.39 is 51.8 Å². The highest BCUT2D eigenvalue weighted by Crippen LogP contribution is 2.43. The van der Waals surface area contributed by atoms with Crippen molar-refractivity contribution < 1.29 is 47.8 Å². The number of ether oxygens (including phenoxy) is 2. The van der Waals surface area contributed by atoms with Gasteiger partial charge >= 0.3 is 19.8 Å². The van der Waals surface area contributed by atoms with Crippen LogP contribution in [0.4, 0.5) is 0 Å². The van der Waals surface area contributed by atoms with Crippen molar-refractivity contribution in [2.75, 3.05) is 26.4 Å². The number of carbonyl (C=O) groups excluding carboxylic acids is 2. The Kier molecular flexibility index (Phi) is 43.3. The summed E-state index contributed by atoms with van der Waals surface area (Å²) < 4.78 is 32.8. The molecule has 0 aromatic carbocycles. The summed E-state index contributed by atoms with van der Waals surface area (Å²) in [6.45, 7) is 2.39. The highest BCUT2D eigenvalue weighted by atomic mass is 31.2. The lowest BCUT2D eigenvalue weighted by Crippen LogP contribution is -2.29. The van der Waals surface area contributed by atoms with Gasteiger partial charge < -0.3 is 24.6 Å². The molecule has 0 heterocycles. The first kappa shape index (κ1) is 57.4. The number of aliphatic hydroxyl groups excluding tert-OH is 2. The molecule has 348 valence electrons. The van der Waals surface area contributed by atoms with Crippen LogP contribution in [0.3, 0.4) is 0 Å². The third kappa shape index (κ3) is 44.3. The molecule has 0 aliphatic rings. The summed E-state index contributed by atoms with van der Waals surface area (Å²) in [5.74, 6) is -0.929. The van der Waals surface area contributed by atoms with Crippen LogP contribution in [0.5, 0.6) is 0 Å². The van der Waals surface area contributed by atoms with E-state index in [2.05, 4.69) is 38.2 Å². The molecular weight excluding hydrogens is 767 g/mol. The zero-order valence-corrected chi connectivity index (χ0v) is 38.9. The van der Waals surface area contributed by atoms with Gasteiger partial charge in [-0.05, 0) is 44.9 Å². The Balaban J connectivity index is 4.19. The lowest BCUT2D eigenvalue weighted by atomic mass is 10.0. The van der Waals surface area contributed by atoms with Crippen molar-refractivity contribution >= 4 is 19.8 Å². The van der Waals surface area contributed by atoms with Crippen molar-refractivity contribution in [3.05, 3.63) is 24.3 Å². The van der Waals surface area contributed by atoms with E-state index in [1.54, 1.807) is 0 Å². The molecule has 3 unspecified atom stereocenters. The molecule has 0 bridgehead atoms. The summed E-state index contributed by atoms with van der Waals surface area (Å²) >= 11 is 0. The molecule has 0 rings (SSSR count). The predicted octanol–water partition coefficient (Wildman–Crippen LogP) is 13.3. The molecule has 3 atom stereocenters.